The molecule has 10 heteroatoms. The predicted molar refractivity (Wildman–Crippen MR) is 131 cm³/mol. The summed E-state index contributed by atoms with van der Waals surface area (Å²) in [5.74, 6) is -0.694. The first kappa shape index (κ1) is 25.7. The molecule has 2 aromatic rings. The van der Waals surface area contributed by atoms with Crippen LogP contribution in [-0.4, -0.2) is 72.4 Å². The minimum atomic E-state index is -0.434. The first-order valence-corrected chi connectivity index (χ1v) is 11.4. The van der Waals surface area contributed by atoms with E-state index in [-0.39, 0.29) is 42.6 Å². The van der Waals surface area contributed by atoms with Gasteiger partial charge in [0.15, 0.2) is 0 Å². The standard InChI is InChI=1S/C24H26Cl2N4O4/c1-15(31)29-12-20(14-34-3)30(23(32)4-6-25)13-22(29)18-8-17(9-19(26)10-18)16-5-7-28-21(11-16)24(33)27-2/h4-11,20,22H,12-14H2,1-3H3,(H,27,33)/b6-4-/t20-,22-/m0/s1. The van der Waals surface area contributed by atoms with Crippen molar-refractivity contribution < 1.29 is 19.1 Å². The maximum Gasteiger partial charge on any atom is 0.269 e. The summed E-state index contributed by atoms with van der Waals surface area (Å²) in [7, 11) is 3.09. The van der Waals surface area contributed by atoms with Crippen LogP contribution in [0.15, 0.2) is 48.1 Å². The maximum absolute atomic E-state index is 12.7. The molecule has 1 aromatic heterocycles. The Balaban J connectivity index is 2.04. The van der Waals surface area contributed by atoms with Crippen LogP contribution in [0.2, 0.25) is 5.02 Å². The van der Waals surface area contributed by atoms with E-state index in [0.29, 0.717) is 11.6 Å². The van der Waals surface area contributed by atoms with Gasteiger partial charge in [-0.15, -0.1) is 0 Å². The second kappa shape index (κ2) is 11.5. The van der Waals surface area contributed by atoms with Crippen molar-refractivity contribution in [2.24, 2.45) is 0 Å². The van der Waals surface area contributed by atoms with Gasteiger partial charge in [-0.3, -0.25) is 19.4 Å². The summed E-state index contributed by atoms with van der Waals surface area (Å²) in [6.45, 7) is 2.32. The predicted octanol–water partition coefficient (Wildman–Crippen LogP) is 3.26. The van der Waals surface area contributed by atoms with Crippen molar-refractivity contribution in [3.8, 4) is 11.1 Å². The number of pyridine rings is 1. The number of nitrogens with one attached hydrogen (secondary N) is 1. The molecule has 0 bridgehead atoms. The van der Waals surface area contributed by atoms with Gasteiger partial charge < -0.3 is 19.9 Å². The molecular formula is C24H26Cl2N4O4. The highest BCUT2D eigenvalue weighted by Crippen LogP contribution is 2.34. The quantitative estimate of drug-likeness (QED) is 0.609. The third-order valence-corrected chi connectivity index (χ3v) is 6.05. The van der Waals surface area contributed by atoms with E-state index in [4.69, 9.17) is 27.9 Å². The summed E-state index contributed by atoms with van der Waals surface area (Å²) in [5.41, 5.74) is 3.72. The lowest BCUT2D eigenvalue weighted by Gasteiger charge is -2.46. The monoisotopic (exact) mass is 504 g/mol. The Bertz CT molecular complexity index is 1110. The van der Waals surface area contributed by atoms with Crippen molar-refractivity contribution in [3.05, 3.63) is 64.4 Å². The molecule has 1 aliphatic heterocycles. The molecule has 3 amide bonds. The topological polar surface area (TPSA) is 91.8 Å². The van der Waals surface area contributed by atoms with Crippen LogP contribution in [0.1, 0.15) is 29.0 Å². The van der Waals surface area contributed by atoms with Gasteiger partial charge in [0, 0.05) is 57.0 Å². The summed E-state index contributed by atoms with van der Waals surface area (Å²) in [6.07, 6.45) is 2.84. The SMILES string of the molecule is CNC(=O)c1cc(-c2cc(Cl)cc([C@@H]3CN(C(=O)/C=C\Cl)[C@H](COC)CN3C(C)=O)c2)ccn1. The van der Waals surface area contributed by atoms with Crippen LogP contribution in [0.5, 0.6) is 0 Å². The number of aromatic nitrogens is 1. The van der Waals surface area contributed by atoms with Gasteiger partial charge in [0.2, 0.25) is 11.8 Å². The number of ether oxygens (including phenoxy) is 1. The largest absolute Gasteiger partial charge is 0.382 e. The highest BCUT2D eigenvalue weighted by molar-refractivity contribution is 6.31. The van der Waals surface area contributed by atoms with Crippen molar-refractivity contribution in [3.63, 3.8) is 0 Å². The van der Waals surface area contributed by atoms with Gasteiger partial charge in [-0.25, -0.2) is 0 Å². The van der Waals surface area contributed by atoms with Crippen molar-refractivity contribution in [1.82, 2.24) is 20.1 Å². The van der Waals surface area contributed by atoms with Crippen molar-refractivity contribution in [2.45, 2.75) is 19.0 Å². The van der Waals surface area contributed by atoms with E-state index in [1.807, 2.05) is 6.07 Å². The smallest absolute Gasteiger partial charge is 0.269 e. The molecule has 34 heavy (non-hydrogen) atoms. The summed E-state index contributed by atoms with van der Waals surface area (Å²) >= 11 is 12.1. The number of nitrogens with zero attached hydrogens (tertiary/aromatic N) is 3. The van der Waals surface area contributed by atoms with Crippen molar-refractivity contribution in [2.75, 3.05) is 33.9 Å². The fraction of sp³-hybridized carbons (Fsp3) is 0.333. The minimum absolute atomic E-state index is 0.126. The number of halogens is 2. The third-order valence-electron chi connectivity index (χ3n) is 5.70. The molecule has 1 N–H and O–H groups in total. The van der Waals surface area contributed by atoms with E-state index in [2.05, 4.69) is 10.3 Å². The van der Waals surface area contributed by atoms with Crippen LogP contribution in [0.4, 0.5) is 0 Å². The lowest BCUT2D eigenvalue weighted by Crippen LogP contribution is -2.58. The van der Waals surface area contributed by atoms with E-state index in [1.54, 1.807) is 47.4 Å². The first-order chi connectivity index (χ1) is 16.3. The van der Waals surface area contributed by atoms with E-state index in [1.165, 1.54) is 25.6 Å². The fourth-order valence-electron chi connectivity index (χ4n) is 4.11. The van der Waals surface area contributed by atoms with Crippen LogP contribution in [0, 0.1) is 0 Å². The van der Waals surface area contributed by atoms with Gasteiger partial charge in [0.25, 0.3) is 5.91 Å². The number of hydrogen-bond acceptors (Lipinski definition) is 5. The van der Waals surface area contributed by atoms with E-state index in [0.717, 1.165) is 16.7 Å². The zero-order valence-corrected chi connectivity index (χ0v) is 20.6. The Morgan fingerprint density at radius 3 is 2.59 bits per heavy atom. The lowest BCUT2D eigenvalue weighted by atomic mass is 9.95. The molecule has 1 aliphatic rings. The number of methoxy groups -OCH3 is 1. The van der Waals surface area contributed by atoms with Gasteiger partial charge in [-0.1, -0.05) is 23.2 Å². The molecule has 0 aliphatic carbocycles. The maximum atomic E-state index is 12.7. The molecule has 0 saturated carbocycles. The Morgan fingerprint density at radius 1 is 1.18 bits per heavy atom. The van der Waals surface area contributed by atoms with E-state index in [9.17, 15) is 14.4 Å². The molecule has 3 rings (SSSR count). The fourth-order valence-corrected chi connectivity index (χ4v) is 4.46. The number of rotatable bonds is 6. The van der Waals surface area contributed by atoms with Crippen LogP contribution in [-0.2, 0) is 14.3 Å². The summed E-state index contributed by atoms with van der Waals surface area (Å²) < 4.78 is 5.30. The Hall–Kier alpha value is -2.94. The van der Waals surface area contributed by atoms with Gasteiger partial charge in [0.1, 0.15) is 5.69 Å². The lowest BCUT2D eigenvalue weighted by molar-refractivity contribution is -0.144. The number of carbonyl (C=O) groups is 3. The molecule has 1 saturated heterocycles. The van der Waals surface area contributed by atoms with Gasteiger partial charge in [-0.05, 0) is 47.0 Å². The van der Waals surface area contributed by atoms with Crippen molar-refractivity contribution >= 4 is 40.9 Å². The second-order valence-electron chi connectivity index (χ2n) is 7.86. The number of piperazine rings is 1. The molecule has 2 heterocycles. The van der Waals surface area contributed by atoms with Crippen LogP contribution < -0.4 is 5.32 Å². The molecule has 1 fully saturated rings. The van der Waals surface area contributed by atoms with Crippen molar-refractivity contribution in [1.29, 1.82) is 0 Å². The van der Waals surface area contributed by atoms with Crippen LogP contribution >= 0.6 is 23.2 Å². The molecule has 1 aromatic carbocycles. The Morgan fingerprint density at radius 2 is 1.94 bits per heavy atom. The van der Waals surface area contributed by atoms with Gasteiger partial charge in [-0.2, -0.15) is 0 Å². The molecule has 0 unspecified atom stereocenters. The average Bonchev–Trinajstić information content (AvgIpc) is 2.83. The molecular weight excluding hydrogens is 479 g/mol. The molecule has 2 atom stereocenters. The average molecular weight is 505 g/mol. The van der Waals surface area contributed by atoms with Gasteiger partial charge in [0.05, 0.1) is 18.7 Å². The number of hydrogen-bond donors (Lipinski definition) is 1. The van der Waals surface area contributed by atoms with E-state index < -0.39 is 6.04 Å². The Labute approximate surface area is 208 Å². The highest BCUT2D eigenvalue weighted by atomic mass is 35.5. The third kappa shape index (κ3) is 5.75. The number of amides is 3. The van der Waals surface area contributed by atoms with Crippen LogP contribution in [0.3, 0.4) is 0 Å². The summed E-state index contributed by atoms with van der Waals surface area (Å²) in [4.78, 5) is 44.8. The number of benzene rings is 1. The summed E-state index contributed by atoms with van der Waals surface area (Å²) in [5, 5.41) is 3.02. The zero-order valence-electron chi connectivity index (χ0n) is 19.1. The molecule has 8 nitrogen and oxygen atoms in total. The zero-order chi connectivity index (χ0) is 24.8. The second-order valence-corrected chi connectivity index (χ2v) is 8.55. The molecule has 0 radical (unpaired) electrons. The normalized spacial score (nSPS) is 18.3. The highest BCUT2D eigenvalue weighted by Gasteiger charge is 2.38. The van der Waals surface area contributed by atoms with E-state index >= 15 is 0 Å². The summed E-state index contributed by atoms with van der Waals surface area (Å²) in [6, 6.07) is 8.17. The minimum Gasteiger partial charge on any atom is -0.382 e. The number of carbonyl (C=O) groups excluding carboxylic acids is 3. The first-order valence-electron chi connectivity index (χ1n) is 10.6. The molecule has 0 spiro atoms. The Kier molecular flexibility index (Phi) is 8.66. The molecule has 180 valence electrons. The van der Waals surface area contributed by atoms with Gasteiger partial charge >= 0.3 is 0 Å². The van der Waals surface area contributed by atoms with Crippen LogP contribution in [0.25, 0.3) is 11.1 Å².